The highest BCUT2D eigenvalue weighted by Crippen LogP contribution is 2.40. The largest absolute Gasteiger partial charge is 0.480 e. The van der Waals surface area contributed by atoms with Crippen molar-refractivity contribution in [3.8, 4) is 0 Å². The van der Waals surface area contributed by atoms with E-state index >= 15 is 0 Å². The Balaban J connectivity index is 1.63. The second kappa shape index (κ2) is 6.78. The number of benzene rings is 1. The smallest absolute Gasteiger partial charge is 0.412 e. The number of amides is 1. The van der Waals surface area contributed by atoms with Crippen LogP contribution >= 0.6 is 0 Å². The first kappa shape index (κ1) is 16.7. The first-order valence-corrected chi connectivity index (χ1v) is 8.19. The number of ether oxygens (including phenoxy) is 1. The molecule has 7 nitrogen and oxygen atoms in total. The number of carbonyl (C=O) groups is 2. The van der Waals surface area contributed by atoms with Crippen molar-refractivity contribution in [1.82, 2.24) is 9.96 Å². The van der Waals surface area contributed by atoms with Gasteiger partial charge < -0.3 is 9.84 Å². The molecule has 2 fully saturated rings. The van der Waals surface area contributed by atoms with Gasteiger partial charge in [-0.05, 0) is 25.3 Å². The fraction of sp³-hybridized carbons (Fsp3) is 0.529. The van der Waals surface area contributed by atoms with Gasteiger partial charge in [0.25, 0.3) is 0 Å². The molecule has 2 atom stereocenters. The monoisotopic (exact) mass is 334 g/mol. The molecule has 1 spiro atoms. The lowest BCUT2D eigenvalue weighted by Gasteiger charge is -2.34. The number of carboxylic acid groups (broad SMARTS) is 1. The number of likely N-dealkylation sites (tertiary alicyclic amines) is 1. The predicted octanol–water partition coefficient (Wildman–Crippen LogP) is 2.23. The van der Waals surface area contributed by atoms with E-state index in [0.29, 0.717) is 25.9 Å². The van der Waals surface area contributed by atoms with Gasteiger partial charge in [-0.15, -0.1) is 0 Å². The van der Waals surface area contributed by atoms with Crippen LogP contribution in [0.1, 0.15) is 31.7 Å². The number of rotatable bonds is 4. The van der Waals surface area contributed by atoms with Crippen molar-refractivity contribution in [2.75, 3.05) is 13.1 Å². The lowest BCUT2D eigenvalue weighted by Crippen LogP contribution is -2.49. The van der Waals surface area contributed by atoms with E-state index in [9.17, 15) is 9.59 Å². The summed E-state index contributed by atoms with van der Waals surface area (Å²) in [7, 11) is 0. The van der Waals surface area contributed by atoms with Gasteiger partial charge in [-0.3, -0.25) is 14.5 Å². The molecule has 2 unspecified atom stereocenters. The summed E-state index contributed by atoms with van der Waals surface area (Å²) in [5, 5.41) is 10.6. The molecule has 2 saturated heterocycles. The predicted molar refractivity (Wildman–Crippen MR) is 84.8 cm³/mol. The summed E-state index contributed by atoms with van der Waals surface area (Å²) in [5.41, 5.74) is 0.157. The van der Waals surface area contributed by atoms with E-state index in [0.717, 1.165) is 12.0 Å². The third kappa shape index (κ3) is 3.22. The summed E-state index contributed by atoms with van der Waals surface area (Å²) in [6.45, 7) is 2.83. The summed E-state index contributed by atoms with van der Waals surface area (Å²) in [6.07, 6.45) is 1.68. The first-order chi connectivity index (χ1) is 11.5. The molecule has 1 amide bonds. The molecule has 0 saturated carbocycles. The minimum Gasteiger partial charge on any atom is -0.480 e. The summed E-state index contributed by atoms with van der Waals surface area (Å²) < 4.78 is 5.41. The first-order valence-electron chi connectivity index (χ1n) is 8.19. The number of hydrogen-bond donors (Lipinski definition) is 1. The van der Waals surface area contributed by atoms with Crippen LogP contribution in [0.25, 0.3) is 0 Å². The van der Waals surface area contributed by atoms with Gasteiger partial charge in [-0.25, -0.2) is 4.79 Å². The molecular weight excluding hydrogens is 312 g/mol. The number of hydrogen-bond acceptors (Lipinski definition) is 5. The number of carboxylic acids is 1. The summed E-state index contributed by atoms with van der Waals surface area (Å²) in [6, 6.07) is 8.75. The highest BCUT2D eigenvalue weighted by molar-refractivity contribution is 5.72. The van der Waals surface area contributed by atoms with Crippen LogP contribution in [0.15, 0.2) is 30.3 Å². The molecule has 0 bridgehead atoms. The summed E-state index contributed by atoms with van der Waals surface area (Å²) >= 11 is 0. The molecule has 1 aromatic carbocycles. The molecule has 24 heavy (non-hydrogen) atoms. The molecule has 0 radical (unpaired) electrons. The summed E-state index contributed by atoms with van der Waals surface area (Å²) in [5.74, 6) is -0.941. The Morgan fingerprint density at radius 2 is 2.04 bits per heavy atom. The number of nitrogens with zero attached hydrogens (tertiary/aromatic N) is 2. The molecule has 2 aliphatic heterocycles. The van der Waals surface area contributed by atoms with Gasteiger partial charge in [0.15, 0.2) is 5.72 Å². The Hall–Kier alpha value is -2.12. The van der Waals surface area contributed by atoms with E-state index in [1.807, 2.05) is 30.3 Å². The maximum Gasteiger partial charge on any atom is 0.412 e. The average molecular weight is 334 g/mol. The molecular formula is C17H22N2O5. The van der Waals surface area contributed by atoms with Gasteiger partial charge in [0.1, 0.15) is 12.6 Å². The van der Waals surface area contributed by atoms with Gasteiger partial charge in [0.2, 0.25) is 0 Å². The van der Waals surface area contributed by atoms with Crippen LogP contribution in [-0.4, -0.2) is 52.0 Å². The fourth-order valence-corrected chi connectivity index (χ4v) is 3.25. The normalized spacial score (nSPS) is 25.1. The lowest BCUT2D eigenvalue weighted by molar-refractivity contribution is -0.246. The highest BCUT2D eigenvalue weighted by Gasteiger charge is 2.52. The van der Waals surface area contributed by atoms with E-state index < -0.39 is 23.8 Å². The third-order valence-corrected chi connectivity index (χ3v) is 4.67. The zero-order valence-electron chi connectivity index (χ0n) is 13.7. The quantitative estimate of drug-likeness (QED) is 0.909. The van der Waals surface area contributed by atoms with Gasteiger partial charge in [0.05, 0.1) is 0 Å². The molecule has 1 aromatic rings. The Labute approximate surface area is 140 Å². The SMILES string of the molecule is CC(C(=O)O)N1CCC2(CCCN2C(=O)OCc2ccccc2)O1. The maximum absolute atomic E-state index is 12.5. The number of carbonyl (C=O) groups excluding carboxylic acids is 1. The lowest BCUT2D eigenvalue weighted by atomic mass is 10.1. The average Bonchev–Trinajstić information content (AvgIpc) is 3.20. The highest BCUT2D eigenvalue weighted by atomic mass is 16.7. The number of aliphatic carboxylic acids is 1. The van der Waals surface area contributed by atoms with Crippen molar-refractivity contribution >= 4 is 12.1 Å². The Morgan fingerprint density at radius 3 is 2.75 bits per heavy atom. The molecule has 7 heteroatoms. The second-order valence-corrected chi connectivity index (χ2v) is 6.24. The van der Waals surface area contributed by atoms with Gasteiger partial charge in [0, 0.05) is 19.5 Å². The molecule has 2 aliphatic rings. The standard InChI is InChI=1S/C17H22N2O5/c1-13(15(20)21)19-11-9-17(24-19)8-5-10-18(17)16(22)23-12-14-6-3-2-4-7-14/h2-4,6-7,13H,5,8-12H2,1H3,(H,20,21). The van der Waals surface area contributed by atoms with Gasteiger partial charge in [-0.2, -0.15) is 5.06 Å². The Morgan fingerprint density at radius 1 is 1.29 bits per heavy atom. The van der Waals surface area contributed by atoms with Gasteiger partial charge in [-0.1, -0.05) is 30.3 Å². The van der Waals surface area contributed by atoms with Crippen LogP contribution in [0, 0.1) is 0 Å². The van der Waals surface area contributed by atoms with E-state index in [2.05, 4.69) is 0 Å². The zero-order chi connectivity index (χ0) is 17.2. The molecule has 130 valence electrons. The van der Waals surface area contributed by atoms with Crippen molar-refractivity contribution in [2.45, 2.75) is 44.6 Å². The molecule has 0 aliphatic carbocycles. The van der Waals surface area contributed by atoms with Crippen LogP contribution in [0.5, 0.6) is 0 Å². The van der Waals surface area contributed by atoms with E-state index in [1.165, 1.54) is 5.06 Å². The van der Waals surface area contributed by atoms with Crippen molar-refractivity contribution in [1.29, 1.82) is 0 Å². The van der Waals surface area contributed by atoms with E-state index in [-0.39, 0.29) is 6.61 Å². The fourth-order valence-electron chi connectivity index (χ4n) is 3.25. The van der Waals surface area contributed by atoms with Crippen LogP contribution < -0.4 is 0 Å². The second-order valence-electron chi connectivity index (χ2n) is 6.24. The molecule has 1 N–H and O–H groups in total. The van der Waals surface area contributed by atoms with Crippen LogP contribution in [0.2, 0.25) is 0 Å². The van der Waals surface area contributed by atoms with Crippen molar-refractivity contribution < 1.29 is 24.3 Å². The van der Waals surface area contributed by atoms with Crippen molar-refractivity contribution in [3.05, 3.63) is 35.9 Å². The molecule has 2 heterocycles. The van der Waals surface area contributed by atoms with Gasteiger partial charge >= 0.3 is 12.1 Å². The Bertz CT molecular complexity index is 608. The summed E-state index contributed by atoms with van der Waals surface area (Å²) in [4.78, 5) is 31.1. The van der Waals surface area contributed by atoms with E-state index in [4.69, 9.17) is 14.7 Å². The van der Waals surface area contributed by atoms with Crippen LogP contribution in [0.4, 0.5) is 4.79 Å². The van der Waals surface area contributed by atoms with Crippen LogP contribution in [0.3, 0.4) is 0 Å². The number of hydroxylamine groups is 2. The molecule has 3 rings (SSSR count). The molecule has 0 aromatic heterocycles. The topological polar surface area (TPSA) is 79.3 Å². The zero-order valence-corrected chi connectivity index (χ0v) is 13.7. The van der Waals surface area contributed by atoms with E-state index in [1.54, 1.807) is 11.8 Å². The van der Waals surface area contributed by atoms with Crippen LogP contribution in [-0.2, 0) is 21.0 Å². The third-order valence-electron chi connectivity index (χ3n) is 4.67. The Kier molecular flexibility index (Phi) is 4.73. The minimum atomic E-state index is -0.941. The van der Waals surface area contributed by atoms with Crippen molar-refractivity contribution in [2.24, 2.45) is 0 Å². The van der Waals surface area contributed by atoms with Crippen molar-refractivity contribution in [3.63, 3.8) is 0 Å². The maximum atomic E-state index is 12.5. The minimum absolute atomic E-state index is 0.210.